The van der Waals surface area contributed by atoms with Gasteiger partial charge in [-0.1, -0.05) is 18.2 Å². The molecular weight excluding hydrogens is 172 g/mol. The van der Waals surface area contributed by atoms with E-state index in [1.807, 2.05) is 25.1 Å². The molecule has 12 heavy (non-hydrogen) atoms. The van der Waals surface area contributed by atoms with Crippen LogP contribution in [0.15, 0.2) is 29.2 Å². The third kappa shape index (κ3) is 2.01. The average Bonchev–Trinajstić information content (AvgIpc) is 2.05. The highest BCUT2D eigenvalue weighted by molar-refractivity contribution is 7.85. The minimum atomic E-state index is -1.16. The van der Waals surface area contributed by atoms with Crippen LogP contribution < -0.4 is 0 Å². The maximum absolute atomic E-state index is 11.3. The van der Waals surface area contributed by atoms with Crippen molar-refractivity contribution in [2.24, 2.45) is 0 Å². The normalized spacial score (nSPS) is 12.4. The predicted octanol–water partition coefficient (Wildman–Crippen LogP) is 1.30. The number of benzene rings is 1. The summed E-state index contributed by atoms with van der Waals surface area (Å²) in [5, 5.41) is 0. The lowest BCUT2D eigenvalue weighted by molar-refractivity contribution is -0.105. The van der Waals surface area contributed by atoms with Gasteiger partial charge < -0.3 is 4.79 Å². The number of carbonyl (C=O) groups excluding carboxylic acids is 1. The lowest BCUT2D eigenvalue weighted by atomic mass is 10.2. The third-order valence-corrected chi connectivity index (χ3v) is 2.95. The smallest absolute Gasteiger partial charge is 0.132 e. The van der Waals surface area contributed by atoms with E-state index in [2.05, 4.69) is 0 Å². The SMILES string of the molecule is Cc1ccccc1S(=O)CC=O. The van der Waals surface area contributed by atoms with Crippen LogP contribution in [-0.2, 0) is 15.6 Å². The van der Waals surface area contributed by atoms with Crippen LogP contribution in [0.4, 0.5) is 0 Å². The Kier molecular flexibility index (Phi) is 3.17. The minimum Gasteiger partial charge on any atom is -0.302 e. The molecule has 2 nitrogen and oxygen atoms in total. The van der Waals surface area contributed by atoms with Crippen LogP contribution in [0.3, 0.4) is 0 Å². The Hall–Kier alpha value is -0.960. The summed E-state index contributed by atoms with van der Waals surface area (Å²) in [5.74, 6) is 0.0881. The second kappa shape index (κ2) is 4.16. The molecule has 1 aromatic rings. The zero-order valence-corrected chi connectivity index (χ0v) is 7.64. The molecule has 1 aromatic carbocycles. The van der Waals surface area contributed by atoms with E-state index in [4.69, 9.17) is 0 Å². The van der Waals surface area contributed by atoms with Gasteiger partial charge in [-0.05, 0) is 18.6 Å². The first-order valence-corrected chi connectivity index (χ1v) is 4.95. The van der Waals surface area contributed by atoms with Crippen molar-refractivity contribution >= 4 is 17.1 Å². The molecule has 0 saturated heterocycles. The lowest BCUT2D eigenvalue weighted by Crippen LogP contribution is -2.00. The van der Waals surface area contributed by atoms with Crippen molar-refractivity contribution in [2.45, 2.75) is 11.8 Å². The lowest BCUT2D eigenvalue weighted by Gasteiger charge is -2.01. The van der Waals surface area contributed by atoms with Gasteiger partial charge in [0, 0.05) is 4.90 Å². The van der Waals surface area contributed by atoms with E-state index >= 15 is 0 Å². The zero-order valence-electron chi connectivity index (χ0n) is 6.82. The van der Waals surface area contributed by atoms with Gasteiger partial charge in [0.15, 0.2) is 0 Å². The quantitative estimate of drug-likeness (QED) is 0.660. The van der Waals surface area contributed by atoms with E-state index in [0.717, 1.165) is 10.5 Å². The van der Waals surface area contributed by atoms with Gasteiger partial charge in [-0.2, -0.15) is 0 Å². The average molecular weight is 182 g/mol. The Labute approximate surface area is 74.1 Å². The van der Waals surface area contributed by atoms with Crippen LogP contribution >= 0.6 is 0 Å². The second-order valence-electron chi connectivity index (χ2n) is 2.44. The standard InChI is InChI=1S/C9H10O2S/c1-8-4-2-3-5-9(8)12(11)7-6-10/h2-6H,7H2,1H3. The summed E-state index contributed by atoms with van der Waals surface area (Å²) in [7, 11) is -1.16. The molecule has 3 heteroatoms. The monoisotopic (exact) mass is 182 g/mol. The van der Waals surface area contributed by atoms with Gasteiger partial charge in [-0.25, -0.2) is 0 Å². The van der Waals surface area contributed by atoms with Gasteiger partial charge in [0.2, 0.25) is 0 Å². The predicted molar refractivity (Wildman–Crippen MR) is 48.5 cm³/mol. The maximum atomic E-state index is 11.3. The van der Waals surface area contributed by atoms with E-state index in [0.29, 0.717) is 6.29 Å². The second-order valence-corrected chi connectivity index (χ2v) is 3.91. The molecule has 1 atom stereocenters. The van der Waals surface area contributed by atoms with Crippen LogP contribution in [0, 0.1) is 6.92 Å². The Morgan fingerprint density at radius 2 is 2.08 bits per heavy atom. The van der Waals surface area contributed by atoms with Crippen LogP contribution in [0.25, 0.3) is 0 Å². The molecule has 0 spiro atoms. The van der Waals surface area contributed by atoms with Crippen LogP contribution in [0.1, 0.15) is 5.56 Å². The van der Waals surface area contributed by atoms with Crippen LogP contribution in [0.5, 0.6) is 0 Å². The minimum absolute atomic E-state index is 0.0881. The maximum Gasteiger partial charge on any atom is 0.132 e. The van der Waals surface area contributed by atoms with E-state index in [9.17, 15) is 9.00 Å². The summed E-state index contributed by atoms with van der Waals surface area (Å²) in [6.07, 6.45) is 0.683. The highest BCUT2D eigenvalue weighted by atomic mass is 32.2. The number of hydrogen-bond acceptors (Lipinski definition) is 2. The van der Waals surface area contributed by atoms with Crippen molar-refractivity contribution in [3.8, 4) is 0 Å². The molecule has 0 N–H and O–H groups in total. The summed E-state index contributed by atoms with van der Waals surface area (Å²) < 4.78 is 11.3. The van der Waals surface area contributed by atoms with E-state index < -0.39 is 10.8 Å². The van der Waals surface area contributed by atoms with Crippen molar-refractivity contribution in [2.75, 3.05) is 5.75 Å². The van der Waals surface area contributed by atoms with Gasteiger partial charge in [0.1, 0.15) is 6.29 Å². The molecule has 0 heterocycles. The molecule has 0 saturated carbocycles. The molecule has 0 aliphatic rings. The number of aldehydes is 1. The molecule has 0 amide bonds. The number of rotatable bonds is 3. The first kappa shape index (κ1) is 9.13. The first-order valence-electron chi connectivity index (χ1n) is 3.63. The van der Waals surface area contributed by atoms with E-state index in [-0.39, 0.29) is 5.75 Å². The van der Waals surface area contributed by atoms with Crippen molar-refractivity contribution in [1.82, 2.24) is 0 Å². The van der Waals surface area contributed by atoms with Crippen molar-refractivity contribution in [3.63, 3.8) is 0 Å². The first-order chi connectivity index (χ1) is 5.75. The zero-order chi connectivity index (χ0) is 8.97. The highest BCUT2D eigenvalue weighted by Crippen LogP contribution is 2.11. The van der Waals surface area contributed by atoms with Gasteiger partial charge in [0.25, 0.3) is 0 Å². The van der Waals surface area contributed by atoms with Crippen LogP contribution in [-0.4, -0.2) is 16.2 Å². The molecular formula is C9H10O2S. The van der Waals surface area contributed by atoms with Crippen molar-refractivity contribution in [3.05, 3.63) is 29.8 Å². The van der Waals surface area contributed by atoms with E-state index in [1.54, 1.807) is 6.07 Å². The molecule has 0 aromatic heterocycles. The largest absolute Gasteiger partial charge is 0.302 e. The fraction of sp³-hybridized carbons (Fsp3) is 0.222. The molecule has 1 unspecified atom stereocenters. The van der Waals surface area contributed by atoms with E-state index in [1.165, 1.54) is 0 Å². The Balaban J connectivity index is 2.94. The molecule has 0 radical (unpaired) electrons. The summed E-state index contributed by atoms with van der Waals surface area (Å²) >= 11 is 0. The summed E-state index contributed by atoms with van der Waals surface area (Å²) in [6.45, 7) is 1.89. The Bertz CT molecular complexity index is 307. The van der Waals surface area contributed by atoms with Crippen molar-refractivity contribution in [1.29, 1.82) is 0 Å². The Morgan fingerprint density at radius 3 is 2.67 bits per heavy atom. The summed E-state index contributed by atoms with van der Waals surface area (Å²) in [5.41, 5.74) is 0.970. The molecule has 1 rings (SSSR count). The van der Waals surface area contributed by atoms with Crippen LogP contribution in [0.2, 0.25) is 0 Å². The molecule has 0 aliphatic heterocycles. The van der Waals surface area contributed by atoms with Gasteiger partial charge >= 0.3 is 0 Å². The number of hydrogen-bond donors (Lipinski definition) is 0. The fourth-order valence-electron chi connectivity index (χ4n) is 0.963. The molecule has 0 fully saturated rings. The molecule has 0 aliphatic carbocycles. The van der Waals surface area contributed by atoms with Gasteiger partial charge in [-0.15, -0.1) is 0 Å². The number of carbonyl (C=O) groups is 1. The Morgan fingerprint density at radius 1 is 1.42 bits per heavy atom. The van der Waals surface area contributed by atoms with Gasteiger partial charge in [-0.3, -0.25) is 4.21 Å². The third-order valence-electron chi connectivity index (χ3n) is 1.56. The summed E-state index contributed by atoms with van der Waals surface area (Å²) in [6, 6.07) is 7.38. The van der Waals surface area contributed by atoms with Gasteiger partial charge in [0.05, 0.1) is 16.6 Å². The topological polar surface area (TPSA) is 34.1 Å². The fourth-order valence-corrected chi connectivity index (χ4v) is 1.92. The highest BCUT2D eigenvalue weighted by Gasteiger charge is 2.04. The number of aryl methyl sites for hydroxylation is 1. The molecule has 64 valence electrons. The summed E-state index contributed by atoms with van der Waals surface area (Å²) in [4.78, 5) is 10.9. The molecule has 0 bridgehead atoms. The van der Waals surface area contributed by atoms with Crippen molar-refractivity contribution < 1.29 is 9.00 Å².